The van der Waals surface area contributed by atoms with Gasteiger partial charge in [-0.15, -0.1) is 0 Å². The van der Waals surface area contributed by atoms with Gasteiger partial charge >= 0.3 is 5.97 Å². The number of nitrogens with one attached hydrogen (secondary N) is 1. The van der Waals surface area contributed by atoms with Crippen LogP contribution in [0, 0.1) is 5.41 Å². The Bertz CT molecular complexity index is 448. The molecule has 4 heteroatoms. The SMILES string of the molecule is CC(C(=O)NC(C(=O)O)C(C)(C)C)c1ccccc1. The molecule has 0 saturated heterocycles. The molecule has 1 aromatic carbocycles. The summed E-state index contributed by atoms with van der Waals surface area (Å²) in [6.45, 7) is 7.14. The minimum atomic E-state index is -1.01. The molecule has 0 aromatic heterocycles. The topological polar surface area (TPSA) is 66.4 Å². The Kier molecular flexibility index (Phi) is 4.70. The van der Waals surface area contributed by atoms with Gasteiger partial charge in [0.2, 0.25) is 5.91 Å². The van der Waals surface area contributed by atoms with E-state index >= 15 is 0 Å². The molecule has 2 atom stereocenters. The van der Waals surface area contributed by atoms with E-state index in [0.29, 0.717) is 0 Å². The van der Waals surface area contributed by atoms with Crippen molar-refractivity contribution in [2.45, 2.75) is 39.7 Å². The molecule has 0 fully saturated rings. The second-order valence-electron chi connectivity index (χ2n) is 5.78. The number of carbonyl (C=O) groups excluding carboxylic acids is 1. The highest BCUT2D eigenvalue weighted by molar-refractivity contribution is 5.88. The first-order chi connectivity index (χ1) is 8.73. The molecule has 0 radical (unpaired) electrons. The first-order valence-electron chi connectivity index (χ1n) is 6.31. The summed E-state index contributed by atoms with van der Waals surface area (Å²) >= 11 is 0. The monoisotopic (exact) mass is 263 g/mol. The van der Waals surface area contributed by atoms with E-state index in [1.807, 2.05) is 30.3 Å². The van der Waals surface area contributed by atoms with Crippen molar-refractivity contribution in [1.82, 2.24) is 5.32 Å². The molecule has 19 heavy (non-hydrogen) atoms. The predicted molar refractivity (Wildman–Crippen MR) is 73.9 cm³/mol. The van der Waals surface area contributed by atoms with Crippen LogP contribution in [-0.2, 0) is 9.59 Å². The Morgan fingerprint density at radius 1 is 1.16 bits per heavy atom. The molecule has 0 saturated carbocycles. The van der Waals surface area contributed by atoms with E-state index < -0.39 is 17.4 Å². The number of carboxylic acid groups (broad SMARTS) is 1. The van der Waals surface area contributed by atoms with E-state index in [2.05, 4.69) is 5.32 Å². The zero-order valence-corrected chi connectivity index (χ0v) is 11.8. The van der Waals surface area contributed by atoms with Crippen molar-refractivity contribution in [3.05, 3.63) is 35.9 Å². The zero-order valence-electron chi connectivity index (χ0n) is 11.8. The van der Waals surface area contributed by atoms with E-state index in [4.69, 9.17) is 0 Å². The molecule has 1 amide bonds. The maximum Gasteiger partial charge on any atom is 0.326 e. The van der Waals surface area contributed by atoms with Crippen molar-refractivity contribution < 1.29 is 14.7 Å². The number of amides is 1. The predicted octanol–water partition coefficient (Wildman–Crippen LogP) is 2.41. The van der Waals surface area contributed by atoms with Crippen LogP contribution in [0.5, 0.6) is 0 Å². The molecule has 0 heterocycles. The molecule has 1 aromatic rings. The highest BCUT2D eigenvalue weighted by atomic mass is 16.4. The minimum absolute atomic E-state index is 0.270. The van der Waals surface area contributed by atoms with Gasteiger partial charge in [0, 0.05) is 0 Å². The molecule has 0 bridgehead atoms. The number of carboxylic acids is 1. The van der Waals surface area contributed by atoms with Crippen molar-refractivity contribution in [2.75, 3.05) is 0 Å². The molecule has 0 aliphatic heterocycles. The van der Waals surface area contributed by atoms with Gasteiger partial charge in [0.05, 0.1) is 5.92 Å². The van der Waals surface area contributed by atoms with E-state index in [1.54, 1.807) is 27.7 Å². The average Bonchev–Trinajstić information content (AvgIpc) is 2.34. The lowest BCUT2D eigenvalue weighted by atomic mass is 9.86. The van der Waals surface area contributed by atoms with Gasteiger partial charge in [-0.05, 0) is 17.9 Å². The van der Waals surface area contributed by atoms with Crippen LogP contribution in [0.3, 0.4) is 0 Å². The summed E-state index contributed by atoms with van der Waals surface area (Å²) in [5.41, 5.74) is 0.343. The Morgan fingerprint density at radius 2 is 1.68 bits per heavy atom. The van der Waals surface area contributed by atoms with Crippen LogP contribution >= 0.6 is 0 Å². The van der Waals surface area contributed by atoms with E-state index in [-0.39, 0.29) is 11.8 Å². The fraction of sp³-hybridized carbons (Fsp3) is 0.467. The largest absolute Gasteiger partial charge is 0.480 e. The summed E-state index contributed by atoms with van der Waals surface area (Å²) in [6, 6.07) is 8.42. The summed E-state index contributed by atoms with van der Waals surface area (Å²) in [6.07, 6.45) is 0. The third kappa shape index (κ3) is 4.09. The minimum Gasteiger partial charge on any atom is -0.480 e. The van der Waals surface area contributed by atoms with Gasteiger partial charge in [0.25, 0.3) is 0 Å². The van der Waals surface area contributed by atoms with Gasteiger partial charge in [-0.25, -0.2) is 4.79 Å². The van der Waals surface area contributed by atoms with Gasteiger partial charge in [0.1, 0.15) is 6.04 Å². The Morgan fingerprint density at radius 3 is 2.11 bits per heavy atom. The molecule has 0 aliphatic carbocycles. The average molecular weight is 263 g/mol. The fourth-order valence-electron chi connectivity index (χ4n) is 1.81. The zero-order chi connectivity index (χ0) is 14.6. The van der Waals surface area contributed by atoms with Crippen molar-refractivity contribution in [1.29, 1.82) is 0 Å². The molecule has 104 valence electrons. The number of aliphatic carboxylic acids is 1. The highest BCUT2D eigenvalue weighted by Crippen LogP contribution is 2.21. The second kappa shape index (κ2) is 5.87. The van der Waals surface area contributed by atoms with Gasteiger partial charge in [-0.2, -0.15) is 0 Å². The number of rotatable bonds is 4. The van der Waals surface area contributed by atoms with Crippen LogP contribution in [0.2, 0.25) is 0 Å². The molecule has 1 rings (SSSR count). The molecular formula is C15H21NO3. The number of benzene rings is 1. The maximum atomic E-state index is 12.1. The van der Waals surface area contributed by atoms with Crippen molar-refractivity contribution in [2.24, 2.45) is 5.41 Å². The summed E-state index contributed by atoms with van der Waals surface area (Å²) in [4.78, 5) is 23.4. The van der Waals surface area contributed by atoms with Crippen molar-refractivity contribution in [3.63, 3.8) is 0 Å². The number of carbonyl (C=O) groups is 2. The second-order valence-corrected chi connectivity index (χ2v) is 5.78. The summed E-state index contributed by atoms with van der Waals surface area (Å²) in [7, 11) is 0. The molecule has 2 unspecified atom stereocenters. The fourth-order valence-corrected chi connectivity index (χ4v) is 1.81. The van der Waals surface area contributed by atoms with E-state index in [0.717, 1.165) is 5.56 Å². The normalized spacial score (nSPS) is 14.5. The smallest absolute Gasteiger partial charge is 0.326 e. The highest BCUT2D eigenvalue weighted by Gasteiger charge is 2.33. The summed E-state index contributed by atoms with van der Waals surface area (Å²) in [5.74, 6) is -1.65. The Labute approximate surface area is 113 Å². The Balaban J connectivity index is 2.81. The number of hydrogen-bond acceptors (Lipinski definition) is 2. The standard InChI is InChI=1S/C15H21NO3/c1-10(11-8-6-5-7-9-11)13(17)16-12(14(18)19)15(2,3)4/h5-10,12H,1-4H3,(H,16,17)(H,18,19). The number of hydrogen-bond donors (Lipinski definition) is 2. The molecule has 0 aliphatic rings. The Hall–Kier alpha value is -1.84. The summed E-state index contributed by atoms with van der Waals surface area (Å²) in [5, 5.41) is 11.8. The lowest BCUT2D eigenvalue weighted by Gasteiger charge is -2.28. The van der Waals surface area contributed by atoms with Crippen LogP contribution in [0.25, 0.3) is 0 Å². The lowest BCUT2D eigenvalue weighted by molar-refractivity contribution is -0.145. The van der Waals surface area contributed by atoms with Crippen molar-refractivity contribution in [3.8, 4) is 0 Å². The molecular weight excluding hydrogens is 242 g/mol. The summed E-state index contributed by atoms with van der Waals surface area (Å²) < 4.78 is 0. The molecule has 0 spiro atoms. The third-order valence-corrected chi connectivity index (χ3v) is 3.09. The third-order valence-electron chi connectivity index (χ3n) is 3.09. The van der Waals surface area contributed by atoms with Crippen LogP contribution in [-0.4, -0.2) is 23.0 Å². The maximum absolute atomic E-state index is 12.1. The van der Waals surface area contributed by atoms with Gasteiger partial charge in [0.15, 0.2) is 0 Å². The van der Waals surface area contributed by atoms with Gasteiger partial charge < -0.3 is 10.4 Å². The van der Waals surface area contributed by atoms with Crippen LogP contribution in [0.4, 0.5) is 0 Å². The van der Waals surface area contributed by atoms with E-state index in [9.17, 15) is 14.7 Å². The van der Waals surface area contributed by atoms with Gasteiger partial charge in [-0.3, -0.25) is 4.79 Å². The van der Waals surface area contributed by atoms with Crippen LogP contribution in [0.1, 0.15) is 39.2 Å². The van der Waals surface area contributed by atoms with Gasteiger partial charge in [-0.1, -0.05) is 51.1 Å². The quantitative estimate of drug-likeness (QED) is 0.876. The van der Waals surface area contributed by atoms with Crippen LogP contribution < -0.4 is 5.32 Å². The lowest BCUT2D eigenvalue weighted by Crippen LogP contribution is -2.50. The van der Waals surface area contributed by atoms with E-state index in [1.165, 1.54) is 0 Å². The van der Waals surface area contributed by atoms with Crippen molar-refractivity contribution >= 4 is 11.9 Å². The molecule has 2 N–H and O–H groups in total. The molecule has 4 nitrogen and oxygen atoms in total. The van der Waals surface area contributed by atoms with Crippen LogP contribution in [0.15, 0.2) is 30.3 Å². The first kappa shape index (κ1) is 15.2. The first-order valence-corrected chi connectivity index (χ1v) is 6.31.